The Morgan fingerprint density at radius 2 is 0.543 bits per heavy atom. The van der Waals surface area contributed by atoms with Gasteiger partial charge in [-0.1, -0.05) is 231 Å². The first-order valence-corrected chi connectivity index (χ1v) is 36.2. The molecule has 21 aromatic rings. The first kappa shape index (κ1) is 58.0. The van der Waals surface area contributed by atoms with Crippen molar-refractivity contribution in [1.82, 2.24) is 0 Å². The standard InChI is InChI=1S/C21H14S.4C17H12S/c1-13-10-11-18-19(12-13)22-21-17-9-5-3-7-15(17)14-6-2-4-8-16(14)20(18)21;1-11-10-16-17(13-7-3-2-6-12(11)13)14-8-4-5-9-15(14)18-16;1-11-6-8-14-16(10-11)18-15-9-7-12-4-2-3-5-13(12)17(14)15;1-11-6-8-14-15-9-7-12-4-2-3-5-13(12)17(15)18-16(14)10-11;1-11-6-7-14-15-9-12-4-2-3-5-13(12)10-17(15)18-16(14)8-11/h2-12H,1H3;4*2-10H,1H3. The van der Waals surface area contributed by atoms with Crippen LogP contribution in [0.25, 0.3) is 165 Å². The van der Waals surface area contributed by atoms with Crippen LogP contribution in [0.3, 0.4) is 0 Å². The van der Waals surface area contributed by atoms with E-state index >= 15 is 0 Å². The fourth-order valence-electron chi connectivity index (χ4n) is 14.1. The highest BCUT2D eigenvalue weighted by Crippen LogP contribution is 2.46. The maximum atomic E-state index is 2.32. The van der Waals surface area contributed by atoms with E-state index in [4.69, 9.17) is 0 Å². The van der Waals surface area contributed by atoms with Gasteiger partial charge in [0.15, 0.2) is 0 Å². The summed E-state index contributed by atoms with van der Waals surface area (Å²) in [6, 6.07) is 104. The molecule has 0 aliphatic heterocycles. The van der Waals surface area contributed by atoms with Crippen LogP contribution in [0.2, 0.25) is 0 Å². The molecule has 0 nitrogen and oxygen atoms in total. The summed E-state index contributed by atoms with van der Waals surface area (Å²) in [5, 5.41) is 30.1. The molecule has 0 saturated heterocycles. The van der Waals surface area contributed by atoms with Gasteiger partial charge in [-0.2, -0.15) is 0 Å². The Labute approximate surface area is 565 Å². The molecule has 21 rings (SSSR count). The molecular weight excluding hydrogens is 1230 g/mol. The molecule has 448 valence electrons. The van der Waals surface area contributed by atoms with E-state index in [1.807, 2.05) is 56.7 Å². The van der Waals surface area contributed by atoms with Crippen molar-refractivity contribution in [2.75, 3.05) is 0 Å². The minimum absolute atomic E-state index is 1.32. The molecule has 0 unspecified atom stereocenters. The Kier molecular flexibility index (Phi) is 14.8. The van der Waals surface area contributed by atoms with Gasteiger partial charge < -0.3 is 0 Å². The first-order valence-electron chi connectivity index (χ1n) is 32.1. The summed E-state index contributed by atoms with van der Waals surface area (Å²) >= 11 is 9.50. The van der Waals surface area contributed by atoms with Gasteiger partial charge >= 0.3 is 0 Å². The zero-order chi connectivity index (χ0) is 63.1. The number of fused-ring (bicyclic) bond motifs is 27. The average molecular weight is 1290 g/mol. The van der Waals surface area contributed by atoms with Crippen molar-refractivity contribution in [3.63, 3.8) is 0 Å². The molecular formula is C89H62S5. The van der Waals surface area contributed by atoms with Crippen LogP contribution in [0, 0.1) is 34.6 Å². The summed E-state index contributed by atoms with van der Waals surface area (Å²) < 4.78 is 13.9. The summed E-state index contributed by atoms with van der Waals surface area (Å²) in [6.07, 6.45) is 0. The van der Waals surface area contributed by atoms with E-state index in [-0.39, 0.29) is 0 Å². The quantitative estimate of drug-likeness (QED) is 0.133. The molecule has 0 radical (unpaired) electrons. The molecule has 0 amide bonds. The summed E-state index contributed by atoms with van der Waals surface area (Å²) in [4.78, 5) is 0. The Bertz CT molecular complexity index is 6530. The lowest BCUT2D eigenvalue weighted by atomic mass is 9.97. The number of hydrogen-bond donors (Lipinski definition) is 0. The molecule has 5 heterocycles. The zero-order valence-corrected chi connectivity index (χ0v) is 56.8. The lowest BCUT2D eigenvalue weighted by molar-refractivity contribution is 1.52. The number of hydrogen-bond acceptors (Lipinski definition) is 5. The highest BCUT2D eigenvalue weighted by molar-refractivity contribution is 7.28. The average Bonchev–Trinajstić information content (AvgIpc) is 1.55. The van der Waals surface area contributed by atoms with Crippen molar-refractivity contribution in [3.8, 4) is 0 Å². The number of benzene rings is 16. The Morgan fingerprint density at radius 1 is 0.170 bits per heavy atom. The lowest BCUT2D eigenvalue weighted by Crippen LogP contribution is -1.79. The van der Waals surface area contributed by atoms with Gasteiger partial charge in [0.2, 0.25) is 0 Å². The molecule has 0 saturated carbocycles. The third-order valence-corrected chi connectivity index (χ3v) is 24.4. The topological polar surface area (TPSA) is 0 Å². The number of rotatable bonds is 0. The largest absolute Gasteiger partial charge is 0.135 e. The van der Waals surface area contributed by atoms with Crippen molar-refractivity contribution < 1.29 is 0 Å². The predicted molar refractivity (Wildman–Crippen MR) is 425 cm³/mol. The number of aryl methyl sites for hydroxylation is 5. The fourth-order valence-corrected chi connectivity index (χ4v) is 20.5. The zero-order valence-electron chi connectivity index (χ0n) is 52.7. The summed E-state index contributed by atoms with van der Waals surface area (Å²) in [7, 11) is 0. The van der Waals surface area contributed by atoms with Crippen LogP contribution < -0.4 is 0 Å². The molecule has 16 aromatic carbocycles. The van der Waals surface area contributed by atoms with Crippen molar-refractivity contribution in [2.45, 2.75) is 34.6 Å². The van der Waals surface area contributed by atoms with Crippen LogP contribution in [0.1, 0.15) is 27.8 Å². The van der Waals surface area contributed by atoms with E-state index in [1.54, 1.807) is 0 Å². The normalized spacial score (nSPS) is 11.7. The van der Waals surface area contributed by atoms with Crippen LogP contribution in [-0.2, 0) is 0 Å². The van der Waals surface area contributed by atoms with Gasteiger partial charge in [0.1, 0.15) is 0 Å². The monoisotopic (exact) mass is 1290 g/mol. The van der Waals surface area contributed by atoms with Crippen LogP contribution >= 0.6 is 56.7 Å². The second-order valence-corrected chi connectivity index (χ2v) is 30.3. The van der Waals surface area contributed by atoms with Crippen LogP contribution in [0.4, 0.5) is 0 Å². The van der Waals surface area contributed by atoms with Crippen molar-refractivity contribution in [1.29, 1.82) is 0 Å². The van der Waals surface area contributed by atoms with Crippen LogP contribution in [0.15, 0.2) is 285 Å². The van der Waals surface area contributed by atoms with Crippen molar-refractivity contribution >= 4 is 222 Å². The molecule has 0 fully saturated rings. The smallest absolute Gasteiger partial charge is 0.0440 e. The van der Waals surface area contributed by atoms with Crippen LogP contribution in [0.5, 0.6) is 0 Å². The molecule has 0 aliphatic rings. The third-order valence-electron chi connectivity index (χ3n) is 18.6. The summed E-state index contributed by atoms with van der Waals surface area (Å²) in [5.74, 6) is 0. The third kappa shape index (κ3) is 10.3. The molecule has 0 bridgehead atoms. The van der Waals surface area contributed by atoms with E-state index in [2.05, 4.69) is 320 Å². The Hall–Kier alpha value is -9.82. The van der Waals surface area contributed by atoms with Gasteiger partial charge in [0, 0.05) is 106 Å². The van der Waals surface area contributed by atoms with E-state index in [0.717, 1.165) is 0 Å². The minimum atomic E-state index is 1.32. The molecule has 0 atom stereocenters. The predicted octanol–water partition coefficient (Wildman–Crippen LogP) is 28.7. The number of thiophene rings is 5. The molecule has 0 aliphatic carbocycles. The minimum Gasteiger partial charge on any atom is -0.135 e. The molecule has 0 spiro atoms. The van der Waals surface area contributed by atoms with Gasteiger partial charge in [0.25, 0.3) is 0 Å². The van der Waals surface area contributed by atoms with Gasteiger partial charge in [-0.25, -0.2) is 0 Å². The molecule has 0 N–H and O–H groups in total. The highest BCUT2D eigenvalue weighted by Gasteiger charge is 2.16. The van der Waals surface area contributed by atoms with E-state index in [9.17, 15) is 0 Å². The van der Waals surface area contributed by atoms with Gasteiger partial charge in [-0.15, -0.1) is 56.7 Å². The van der Waals surface area contributed by atoms with Gasteiger partial charge in [0.05, 0.1) is 0 Å². The maximum Gasteiger partial charge on any atom is 0.0440 e. The molecule has 5 heteroatoms. The lowest BCUT2D eigenvalue weighted by Gasteiger charge is -2.06. The summed E-state index contributed by atoms with van der Waals surface area (Å²) in [6.45, 7) is 10.8. The Balaban J connectivity index is 0.0000000896. The highest BCUT2D eigenvalue weighted by atomic mass is 32.1. The van der Waals surface area contributed by atoms with E-state index in [0.29, 0.717) is 0 Å². The molecule has 5 aromatic heterocycles. The second kappa shape index (κ2) is 23.9. The first-order chi connectivity index (χ1) is 46.1. The maximum absolute atomic E-state index is 2.32. The fraction of sp³-hybridized carbons (Fsp3) is 0.0562. The van der Waals surface area contributed by atoms with E-state index in [1.165, 1.54) is 193 Å². The van der Waals surface area contributed by atoms with Crippen molar-refractivity contribution in [2.24, 2.45) is 0 Å². The van der Waals surface area contributed by atoms with Crippen molar-refractivity contribution in [3.05, 3.63) is 313 Å². The Morgan fingerprint density at radius 3 is 1.21 bits per heavy atom. The van der Waals surface area contributed by atoms with Gasteiger partial charge in [-0.3, -0.25) is 0 Å². The van der Waals surface area contributed by atoms with E-state index < -0.39 is 0 Å². The van der Waals surface area contributed by atoms with Gasteiger partial charge in [-0.05, 0) is 176 Å². The molecule has 94 heavy (non-hydrogen) atoms. The SMILES string of the molecule is Cc1cc2sc3ccccc3c2c2ccccc12.Cc1ccc2c(c1)sc1c3ccccc3c3ccccc3c21.Cc1ccc2c(c1)sc1c3ccccc3ccc21.Cc1ccc2c(c1)sc1cc3ccccc3cc12.Cc1ccc2c(c1)sc1ccc3ccccc3c12. The van der Waals surface area contributed by atoms with Crippen LogP contribution in [-0.4, -0.2) is 0 Å². The summed E-state index contributed by atoms with van der Waals surface area (Å²) in [5.41, 5.74) is 6.69. The second-order valence-electron chi connectivity index (χ2n) is 24.9.